The maximum Gasteiger partial charge on any atom is 0.416 e. The van der Waals surface area contributed by atoms with E-state index in [-0.39, 0.29) is 6.04 Å². The molecular weight excluding hydrogens is 241 g/mol. The van der Waals surface area contributed by atoms with Crippen molar-refractivity contribution in [3.05, 3.63) is 35.4 Å². The Morgan fingerprint density at radius 1 is 1.33 bits per heavy atom. The Labute approximate surface area is 104 Å². The van der Waals surface area contributed by atoms with Crippen molar-refractivity contribution in [2.75, 3.05) is 0 Å². The van der Waals surface area contributed by atoms with Gasteiger partial charge in [-0.3, -0.25) is 11.3 Å². The minimum absolute atomic E-state index is 0.150. The molecule has 1 aliphatic carbocycles. The van der Waals surface area contributed by atoms with E-state index in [1.54, 1.807) is 0 Å². The lowest BCUT2D eigenvalue weighted by molar-refractivity contribution is -0.137. The fourth-order valence-corrected chi connectivity index (χ4v) is 2.33. The number of rotatable bonds is 4. The average molecular weight is 258 g/mol. The van der Waals surface area contributed by atoms with Gasteiger partial charge in [0.05, 0.1) is 5.56 Å². The molecule has 0 radical (unpaired) electrons. The molecule has 1 saturated carbocycles. The molecule has 0 saturated heterocycles. The summed E-state index contributed by atoms with van der Waals surface area (Å²) in [4.78, 5) is 0. The maximum absolute atomic E-state index is 12.4. The standard InChI is InChI=1S/C13H17F3N2/c1-8-6-11(8)12(18-17)7-9-2-4-10(5-3-9)13(14,15)16/h2-5,8,11-12,18H,6-7,17H2,1H3. The zero-order valence-corrected chi connectivity index (χ0v) is 10.2. The lowest BCUT2D eigenvalue weighted by Gasteiger charge is -2.16. The molecule has 0 spiro atoms. The van der Waals surface area contributed by atoms with Crippen LogP contribution in [0.4, 0.5) is 13.2 Å². The van der Waals surface area contributed by atoms with Crippen LogP contribution >= 0.6 is 0 Å². The summed E-state index contributed by atoms with van der Waals surface area (Å²) in [7, 11) is 0. The summed E-state index contributed by atoms with van der Waals surface area (Å²) in [5, 5.41) is 0. The topological polar surface area (TPSA) is 38.0 Å². The first-order chi connectivity index (χ1) is 8.41. The number of benzene rings is 1. The number of hydrogen-bond donors (Lipinski definition) is 2. The predicted molar refractivity (Wildman–Crippen MR) is 63.5 cm³/mol. The molecule has 18 heavy (non-hydrogen) atoms. The number of alkyl halides is 3. The van der Waals surface area contributed by atoms with E-state index in [1.165, 1.54) is 12.1 Å². The normalized spacial score (nSPS) is 24.9. The van der Waals surface area contributed by atoms with Crippen molar-refractivity contribution >= 4 is 0 Å². The Kier molecular flexibility index (Phi) is 3.64. The minimum atomic E-state index is -4.27. The van der Waals surface area contributed by atoms with E-state index in [4.69, 9.17) is 5.84 Å². The largest absolute Gasteiger partial charge is 0.416 e. The second kappa shape index (κ2) is 4.90. The third-order valence-corrected chi connectivity index (χ3v) is 3.64. The van der Waals surface area contributed by atoms with Crippen LogP contribution in [0.15, 0.2) is 24.3 Å². The SMILES string of the molecule is CC1CC1C(Cc1ccc(C(F)(F)F)cc1)NN. The molecule has 3 N–H and O–H groups in total. The van der Waals surface area contributed by atoms with Gasteiger partial charge in [-0.1, -0.05) is 19.1 Å². The first kappa shape index (κ1) is 13.4. The molecule has 2 nitrogen and oxygen atoms in total. The molecule has 2 rings (SSSR count). The molecule has 0 heterocycles. The van der Waals surface area contributed by atoms with Gasteiger partial charge in [0, 0.05) is 6.04 Å². The number of nitrogens with one attached hydrogen (secondary N) is 1. The van der Waals surface area contributed by atoms with Crippen LogP contribution in [-0.2, 0) is 12.6 Å². The number of halogens is 3. The molecular formula is C13H17F3N2. The van der Waals surface area contributed by atoms with Crippen molar-refractivity contribution in [1.82, 2.24) is 5.43 Å². The number of hydrogen-bond acceptors (Lipinski definition) is 2. The first-order valence-corrected chi connectivity index (χ1v) is 6.04. The van der Waals surface area contributed by atoms with E-state index in [0.717, 1.165) is 24.1 Å². The van der Waals surface area contributed by atoms with E-state index >= 15 is 0 Å². The average Bonchev–Trinajstić information content (AvgIpc) is 3.02. The fourth-order valence-electron chi connectivity index (χ4n) is 2.33. The molecule has 1 aromatic rings. The van der Waals surface area contributed by atoms with Gasteiger partial charge in [-0.05, 0) is 42.4 Å². The van der Waals surface area contributed by atoms with Gasteiger partial charge in [0.1, 0.15) is 0 Å². The van der Waals surface area contributed by atoms with Crippen LogP contribution in [0.25, 0.3) is 0 Å². The molecule has 3 unspecified atom stereocenters. The molecule has 100 valence electrons. The molecule has 1 fully saturated rings. The Balaban J connectivity index is 2.01. The molecule has 1 aromatic carbocycles. The van der Waals surface area contributed by atoms with Gasteiger partial charge in [-0.15, -0.1) is 0 Å². The smallest absolute Gasteiger partial charge is 0.271 e. The zero-order valence-electron chi connectivity index (χ0n) is 10.2. The second-order valence-corrected chi connectivity index (χ2v) is 5.05. The lowest BCUT2D eigenvalue weighted by atomic mass is 10.0. The third kappa shape index (κ3) is 3.03. The van der Waals surface area contributed by atoms with E-state index in [9.17, 15) is 13.2 Å². The van der Waals surface area contributed by atoms with Crippen LogP contribution in [0.5, 0.6) is 0 Å². The molecule has 0 amide bonds. The minimum Gasteiger partial charge on any atom is -0.271 e. The van der Waals surface area contributed by atoms with Crippen molar-refractivity contribution in [3.8, 4) is 0 Å². The van der Waals surface area contributed by atoms with Gasteiger partial charge in [-0.2, -0.15) is 13.2 Å². The zero-order chi connectivity index (χ0) is 13.3. The summed E-state index contributed by atoms with van der Waals surface area (Å²) < 4.78 is 37.2. The summed E-state index contributed by atoms with van der Waals surface area (Å²) in [5.74, 6) is 6.69. The van der Waals surface area contributed by atoms with Crippen LogP contribution in [0.2, 0.25) is 0 Å². The predicted octanol–water partition coefficient (Wildman–Crippen LogP) is 2.74. The van der Waals surface area contributed by atoms with Crippen molar-refractivity contribution in [2.45, 2.75) is 32.0 Å². The lowest BCUT2D eigenvalue weighted by Crippen LogP contribution is -2.38. The van der Waals surface area contributed by atoms with Crippen LogP contribution < -0.4 is 11.3 Å². The number of nitrogens with two attached hydrogens (primary N) is 1. The van der Waals surface area contributed by atoms with Crippen molar-refractivity contribution in [2.24, 2.45) is 17.7 Å². The van der Waals surface area contributed by atoms with Crippen LogP contribution in [0.1, 0.15) is 24.5 Å². The molecule has 5 heteroatoms. The highest BCUT2D eigenvalue weighted by molar-refractivity contribution is 5.25. The van der Waals surface area contributed by atoms with Crippen LogP contribution in [0, 0.1) is 11.8 Å². The first-order valence-electron chi connectivity index (χ1n) is 6.04. The van der Waals surface area contributed by atoms with Gasteiger partial charge in [0.25, 0.3) is 0 Å². The quantitative estimate of drug-likeness (QED) is 0.643. The highest BCUT2D eigenvalue weighted by Gasteiger charge is 2.39. The molecule has 3 atom stereocenters. The molecule has 0 bridgehead atoms. The fraction of sp³-hybridized carbons (Fsp3) is 0.538. The summed E-state index contributed by atoms with van der Waals surface area (Å²) >= 11 is 0. The van der Waals surface area contributed by atoms with Gasteiger partial charge in [-0.25, -0.2) is 0 Å². The summed E-state index contributed by atoms with van der Waals surface area (Å²) in [6, 6.07) is 5.45. The maximum atomic E-state index is 12.4. The Morgan fingerprint density at radius 3 is 2.28 bits per heavy atom. The van der Waals surface area contributed by atoms with Gasteiger partial charge in [0.15, 0.2) is 0 Å². The molecule has 1 aliphatic rings. The van der Waals surface area contributed by atoms with E-state index in [1.807, 2.05) is 0 Å². The van der Waals surface area contributed by atoms with Crippen molar-refractivity contribution < 1.29 is 13.2 Å². The van der Waals surface area contributed by atoms with Crippen molar-refractivity contribution in [1.29, 1.82) is 0 Å². The Bertz CT molecular complexity index is 400. The highest BCUT2D eigenvalue weighted by atomic mass is 19.4. The van der Waals surface area contributed by atoms with Crippen LogP contribution in [-0.4, -0.2) is 6.04 Å². The van der Waals surface area contributed by atoms with Gasteiger partial charge < -0.3 is 0 Å². The van der Waals surface area contributed by atoms with Crippen molar-refractivity contribution in [3.63, 3.8) is 0 Å². The molecule has 0 aromatic heterocycles. The summed E-state index contributed by atoms with van der Waals surface area (Å²) in [6.07, 6.45) is -2.46. The van der Waals surface area contributed by atoms with E-state index in [2.05, 4.69) is 12.3 Å². The highest BCUT2D eigenvalue weighted by Crippen LogP contribution is 2.41. The number of hydrazine groups is 1. The van der Waals surface area contributed by atoms with Gasteiger partial charge >= 0.3 is 6.18 Å². The van der Waals surface area contributed by atoms with Crippen LogP contribution in [0.3, 0.4) is 0 Å². The van der Waals surface area contributed by atoms with E-state index in [0.29, 0.717) is 18.3 Å². The molecule has 0 aliphatic heterocycles. The summed E-state index contributed by atoms with van der Waals surface area (Å²) in [5.41, 5.74) is 3.04. The van der Waals surface area contributed by atoms with E-state index < -0.39 is 11.7 Å². The monoisotopic (exact) mass is 258 g/mol. The Morgan fingerprint density at radius 2 is 1.89 bits per heavy atom. The Hall–Kier alpha value is -1.07. The van der Waals surface area contributed by atoms with Gasteiger partial charge in [0.2, 0.25) is 0 Å². The third-order valence-electron chi connectivity index (χ3n) is 3.64. The summed E-state index contributed by atoms with van der Waals surface area (Å²) in [6.45, 7) is 2.15. The second-order valence-electron chi connectivity index (χ2n) is 5.05.